The molecule has 5 nitrogen and oxygen atoms in total. The Kier molecular flexibility index (Phi) is 4.63. The SMILES string of the molecule is CCCCC(C(=O)O)c1cc(N=O)ccc1N. The lowest BCUT2D eigenvalue weighted by Crippen LogP contribution is -2.13. The Morgan fingerprint density at radius 1 is 1.53 bits per heavy atom. The number of nitrogens with zero attached hydrogens (tertiary/aromatic N) is 1. The zero-order chi connectivity index (χ0) is 12.8. The van der Waals surface area contributed by atoms with Crippen molar-refractivity contribution in [2.45, 2.75) is 32.1 Å². The Morgan fingerprint density at radius 3 is 2.76 bits per heavy atom. The zero-order valence-electron chi connectivity index (χ0n) is 9.72. The van der Waals surface area contributed by atoms with Crippen LogP contribution in [-0.4, -0.2) is 11.1 Å². The van der Waals surface area contributed by atoms with E-state index in [1.165, 1.54) is 18.2 Å². The highest BCUT2D eigenvalue weighted by molar-refractivity contribution is 5.79. The van der Waals surface area contributed by atoms with Crippen LogP contribution in [0.4, 0.5) is 11.4 Å². The predicted octanol–water partition coefficient (Wildman–Crippen LogP) is 3.03. The molecule has 0 radical (unpaired) electrons. The topological polar surface area (TPSA) is 92.7 Å². The lowest BCUT2D eigenvalue weighted by molar-refractivity contribution is -0.139. The molecule has 1 aromatic carbocycles. The molecule has 0 aromatic heterocycles. The van der Waals surface area contributed by atoms with E-state index in [-0.39, 0.29) is 5.69 Å². The van der Waals surface area contributed by atoms with Crippen molar-refractivity contribution in [2.24, 2.45) is 5.18 Å². The van der Waals surface area contributed by atoms with Crippen molar-refractivity contribution in [3.05, 3.63) is 28.7 Å². The van der Waals surface area contributed by atoms with Crippen LogP contribution in [0.15, 0.2) is 23.4 Å². The quantitative estimate of drug-likeness (QED) is 0.586. The molecule has 0 amide bonds. The molecule has 1 unspecified atom stereocenters. The third-order valence-electron chi connectivity index (χ3n) is 2.70. The van der Waals surface area contributed by atoms with Gasteiger partial charge in [0.25, 0.3) is 0 Å². The fraction of sp³-hybridized carbons (Fsp3) is 0.417. The normalized spacial score (nSPS) is 12.1. The maximum atomic E-state index is 11.2. The summed E-state index contributed by atoms with van der Waals surface area (Å²) in [5.74, 6) is -1.59. The van der Waals surface area contributed by atoms with Crippen molar-refractivity contribution in [2.75, 3.05) is 5.73 Å². The van der Waals surface area contributed by atoms with Gasteiger partial charge in [0.05, 0.1) is 5.92 Å². The standard InChI is InChI=1S/C12H16N2O3/c1-2-3-4-9(12(15)16)10-7-8(14-17)5-6-11(10)13/h5-7,9H,2-4,13H2,1H3,(H,15,16). The highest BCUT2D eigenvalue weighted by atomic mass is 16.4. The minimum atomic E-state index is -0.923. The smallest absolute Gasteiger partial charge is 0.311 e. The Balaban J connectivity index is 3.07. The fourth-order valence-corrected chi connectivity index (χ4v) is 1.74. The molecule has 0 aliphatic carbocycles. The molecule has 5 heteroatoms. The zero-order valence-corrected chi connectivity index (χ0v) is 9.72. The van der Waals surface area contributed by atoms with Crippen LogP contribution < -0.4 is 5.73 Å². The van der Waals surface area contributed by atoms with Gasteiger partial charge >= 0.3 is 5.97 Å². The predicted molar refractivity (Wildman–Crippen MR) is 66.2 cm³/mol. The number of aliphatic carboxylic acids is 1. The van der Waals surface area contributed by atoms with Crippen LogP contribution >= 0.6 is 0 Å². The Labute approximate surface area is 99.6 Å². The molecule has 17 heavy (non-hydrogen) atoms. The highest BCUT2D eigenvalue weighted by Crippen LogP contribution is 2.30. The van der Waals surface area contributed by atoms with Gasteiger partial charge in [0.15, 0.2) is 0 Å². The number of unbranched alkanes of at least 4 members (excludes halogenated alkanes) is 1. The van der Waals surface area contributed by atoms with E-state index < -0.39 is 11.9 Å². The first kappa shape index (κ1) is 13.2. The van der Waals surface area contributed by atoms with E-state index in [9.17, 15) is 14.8 Å². The summed E-state index contributed by atoms with van der Waals surface area (Å²) in [5.41, 5.74) is 6.82. The van der Waals surface area contributed by atoms with Crippen LogP contribution in [-0.2, 0) is 4.79 Å². The Hall–Kier alpha value is -1.91. The van der Waals surface area contributed by atoms with E-state index in [2.05, 4.69) is 5.18 Å². The molecule has 0 aliphatic heterocycles. The van der Waals surface area contributed by atoms with Crippen molar-refractivity contribution in [3.8, 4) is 0 Å². The van der Waals surface area contributed by atoms with Gasteiger partial charge in [-0.15, -0.1) is 4.91 Å². The molecule has 0 spiro atoms. The van der Waals surface area contributed by atoms with E-state index in [0.29, 0.717) is 17.7 Å². The molecule has 0 heterocycles. The monoisotopic (exact) mass is 236 g/mol. The molecular formula is C12H16N2O3. The second-order valence-corrected chi connectivity index (χ2v) is 3.94. The van der Waals surface area contributed by atoms with Gasteiger partial charge in [0.2, 0.25) is 0 Å². The minimum Gasteiger partial charge on any atom is -0.481 e. The van der Waals surface area contributed by atoms with Gasteiger partial charge in [-0.1, -0.05) is 19.8 Å². The van der Waals surface area contributed by atoms with E-state index in [0.717, 1.165) is 12.8 Å². The molecule has 1 atom stereocenters. The van der Waals surface area contributed by atoms with Crippen LogP contribution in [0.3, 0.4) is 0 Å². The van der Waals surface area contributed by atoms with Gasteiger partial charge in [-0.2, -0.15) is 0 Å². The molecule has 0 aliphatic rings. The molecule has 92 valence electrons. The van der Waals surface area contributed by atoms with Crippen LogP contribution in [0.5, 0.6) is 0 Å². The Bertz CT molecular complexity index is 418. The Morgan fingerprint density at radius 2 is 2.24 bits per heavy atom. The molecule has 1 aromatic rings. The molecular weight excluding hydrogens is 220 g/mol. The maximum Gasteiger partial charge on any atom is 0.311 e. The molecule has 3 N–H and O–H groups in total. The van der Waals surface area contributed by atoms with Crippen molar-refractivity contribution in [1.82, 2.24) is 0 Å². The third-order valence-corrected chi connectivity index (χ3v) is 2.70. The number of carboxylic acid groups (broad SMARTS) is 1. The highest BCUT2D eigenvalue weighted by Gasteiger charge is 2.21. The van der Waals surface area contributed by atoms with Crippen LogP contribution in [0.2, 0.25) is 0 Å². The van der Waals surface area contributed by atoms with Gasteiger partial charge < -0.3 is 10.8 Å². The number of carboxylic acids is 1. The first-order valence-corrected chi connectivity index (χ1v) is 5.55. The summed E-state index contributed by atoms with van der Waals surface area (Å²) in [6.07, 6.45) is 2.23. The molecule has 0 saturated carbocycles. The number of nitrogens with two attached hydrogens (primary N) is 1. The maximum absolute atomic E-state index is 11.2. The molecule has 1 rings (SSSR count). The first-order chi connectivity index (χ1) is 8.10. The lowest BCUT2D eigenvalue weighted by atomic mass is 9.92. The van der Waals surface area contributed by atoms with Crippen LogP contribution in [0.25, 0.3) is 0 Å². The molecule has 0 bridgehead atoms. The van der Waals surface area contributed by atoms with E-state index in [1.807, 2.05) is 6.92 Å². The summed E-state index contributed by atoms with van der Waals surface area (Å²) in [7, 11) is 0. The number of rotatable bonds is 6. The van der Waals surface area contributed by atoms with E-state index >= 15 is 0 Å². The first-order valence-electron chi connectivity index (χ1n) is 5.55. The molecule has 0 saturated heterocycles. The van der Waals surface area contributed by atoms with Gasteiger partial charge in [-0.05, 0) is 35.4 Å². The van der Waals surface area contributed by atoms with Crippen molar-refractivity contribution in [3.63, 3.8) is 0 Å². The van der Waals surface area contributed by atoms with Crippen molar-refractivity contribution >= 4 is 17.3 Å². The van der Waals surface area contributed by atoms with E-state index in [1.54, 1.807) is 0 Å². The van der Waals surface area contributed by atoms with Gasteiger partial charge in [-0.25, -0.2) is 0 Å². The number of nitrogen functional groups attached to an aromatic ring is 1. The second-order valence-electron chi connectivity index (χ2n) is 3.94. The number of benzene rings is 1. The van der Waals surface area contributed by atoms with Gasteiger partial charge in [0.1, 0.15) is 5.69 Å². The van der Waals surface area contributed by atoms with Crippen LogP contribution in [0, 0.1) is 4.91 Å². The average Bonchev–Trinajstić information content (AvgIpc) is 2.31. The van der Waals surface area contributed by atoms with E-state index in [4.69, 9.17) is 5.73 Å². The van der Waals surface area contributed by atoms with Crippen molar-refractivity contribution < 1.29 is 9.90 Å². The summed E-state index contributed by atoms with van der Waals surface area (Å²) in [6, 6.07) is 4.45. The van der Waals surface area contributed by atoms with Crippen molar-refractivity contribution in [1.29, 1.82) is 0 Å². The second kappa shape index (κ2) is 5.98. The molecule has 0 fully saturated rings. The summed E-state index contributed by atoms with van der Waals surface area (Å²) in [4.78, 5) is 21.6. The van der Waals surface area contributed by atoms with Gasteiger partial charge in [0, 0.05) is 5.69 Å². The summed E-state index contributed by atoms with van der Waals surface area (Å²) < 4.78 is 0. The van der Waals surface area contributed by atoms with Crippen LogP contribution in [0.1, 0.15) is 37.7 Å². The fourth-order valence-electron chi connectivity index (χ4n) is 1.74. The summed E-state index contributed by atoms with van der Waals surface area (Å²) in [5, 5.41) is 12.0. The number of hydrogen-bond donors (Lipinski definition) is 2. The number of carbonyl (C=O) groups is 1. The number of hydrogen-bond acceptors (Lipinski definition) is 4. The number of nitroso groups, excluding NO2 is 1. The lowest BCUT2D eigenvalue weighted by Gasteiger charge is -2.14. The summed E-state index contributed by atoms with van der Waals surface area (Å²) >= 11 is 0. The summed E-state index contributed by atoms with van der Waals surface area (Å²) in [6.45, 7) is 1.99. The minimum absolute atomic E-state index is 0.206. The number of anilines is 1. The third kappa shape index (κ3) is 3.27. The van der Waals surface area contributed by atoms with Gasteiger partial charge in [-0.3, -0.25) is 4.79 Å². The average molecular weight is 236 g/mol. The largest absolute Gasteiger partial charge is 0.481 e.